The van der Waals surface area contributed by atoms with Gasteiger partial charge in [0.15, 0.2) is 0 Å². The van der Waals surface area contributed by atoms with Crippen LogP contribution in [-0.4, -0.2) is 64.1 Å². The number of nitrogens with zero attached hydrogens (tertiary/aromatic N) is 2. The molecule has 0 radical (unpaired) electrons. The molecule has 1 aliphatic heterocycles. The van der Waals surface area contributed by atoms with Crippen LogP contribution in [0.1, 0.15) is 33.1 Å². The number of hydrogen-bond acceptors (Lipinski definition) is 3. The van der Waals surface area contributed by atoms with Gasteiger partial charge in [-0.3, -0.25) is 4.79 Å². The van der Waals surface area contributed by atoms with E-state index in [9.17, 15) is 9.59 Å². The highest BCUT2D eigenvalue weighted by Gasteiger charge is 2.27. The number of carbonyl (C=O) groups is 2. The molecule has 1 rings (SSSR count). The fraction of sp³-hybridized carbons (Fsp3) is 0.846. The molecule has 1 fully saturated rings. The van der Waals surface area contributed by atoms with Gasteiger partial charge in [0.1, 0.15) is 0 Å². The Morgan fingerprint density at radius 3 is 2.68 bits per heavy atom. The van der Waals surface area contributed by atoms with Gasteiger partial charge in [-0.2, -0.15) is 11.8 Å². The van der Waals surface area contributed by atoms with Crippen LogP contribution >= 0.6 is 11.8 Å². The largest absolute Gasteiger partial charge is 0.481 e. The smallest absolute Gasteiger partial charge is 0.319 e. The van der Waals surface area contributed by atoms with Crippen molar-refractivity contribution in [3.05, 3.63) is 0 Å². The van der Waals surface area contributed by atoms with E-state index in [4.69, 9.17) is 5.11 Å². The summed E-state index contributed by atoms with van der Waals surface area (Å²) in [7, 11) is 1.74. The SMILES string of the molecule is CN(CCCC(=O)O)C(=O)N1CCSC(C)(C)CC1. The second kappa shape index (κ2) is 7.03. The van der Waals surface area contributed by atoms with E-state index in [0.717, 1.165) is 25.3 Å². The Labute approximate surface area is 119 Å². The van der Waals surface area contributed by atoms with E-state index in [-0.39, 0.29) is 17.2 Å². The Kier molecular flexibility index (Phi) is 5.97. The summed E-state index contributed by atoms with van der Waals surface area (Å²) in [5.74, 6) is 0.149. The average Bonchev–Trinajstić information content (AvgIpc) is 2.48. The maximum atomic E-state index is 12.2. The van der Waals surface area contributed by atoms with Crippen molar-refractivity contribution in [1.29, 1.82) is 0 Å². The van der Waals surface area contributed by atoms with Crippen molar-refractivity contribution in [3.8, 4) is 0 Å². The average molecular weight is 288 g/mol. The van der Waals surface area contributed by atoms with E-state index in [1.54, 1.807) is 11.9 Å². The Morgan fingerprint density at radius 2 is 2.05 bits per heavy atom. The normalized spacial score (nSPS) is 18.8. The molecule has 110 valence electrons. The van der Waals surface area contributed by atoms with Gasteiger partial charge in [-0.25, -0.2) is 4.79 Å². The molecule has 6 heteroatoms. The molecule has 2 amide bonds. The van der Waals surface area contributed by atoms with Crippen molar-refractivity contribution in [3.63, 3.8) is 0 Å². The van der Waals surface area contributed by atoms with Gasteiger partial charge < -0.3 is 14.9 Å². The van der Waals surface area contributed by atoms with Crippen LogP contribution in [0.25, 0.3) is 0 Å². The number of carbonyl (C=O) groups excluding carboxylic acids is 1. The highest BCUT2D eigenvalue weighted by molar-refractivity contribution is 8.00. The summed E-state index contributed by atoms with van der Waals surface area (Å²) in [5, 5.41) is 8.59. The number of aliphatic carboxylic acids is 1. The Morgan fingerprint density at radius 1 is 1.37 bits per heavy atom. The van der Waals surface area contributed by atoms with Crippen LogP contribution in [0.3, 0.4) is 0 Å². The van der Waals surface area contributed by atoms with E-state index < -0.39 is 5.97 Å². The zero-order valence-electron chi connectivity index (χ0n) is 12.0. The summed E-state index contributed by atoms with van der Waals surface area (Å²) in [4.78, 5) is 26.2. The van der Waals surface area contributed by atoms with Gasteiger partial charge in [0.2, 0.25) is 0 Å². The molecule has 0 spiro atoms. The van der Waals surface area contributed by atoms with Gasteiger partial charge in [-0.15, -0.1) is 0 Å². The molecule has 0 aromatic heterocycles. The predicted molar refractivity (Wildman–Crippen MR) is 77.6 cm³/mol. The summed E-state index contributed by atoms with van der Waals surface area (Å²) in [6, 6.07) is 0.0173. The van der Waals surface area contributed by atoms with Crippen LogP contribution in [0.15, 0.2) is 0 Å². The summed E-state index contributed by atoms with van der Waals surface area (Å²) in [5.41, 5.74) is 0. The third-order valence-corrected chi connectivity index (χ3v) is 4.69. The molecule has 0 aromatic rings. The van der Waals surface area contributed by atoms with Crippen molar-refractivity contribution in [2.24, 2.45) is 0 Å². The van der Waals surface area contributed by atoms with E-state index in [1.807, 2.05) is 16.7 Å². The van der Waals surface area contributed by atoms with Gasteiger partial charge in [-0.05, 0) is 12.8 Å². The second-order valence-corrected chi connectivity index (χ2v) is 7.35. The Balaban J connectivity index is 2.41. The van der Waals surface area contributed by atoms with Crippen LogP contribution < -0.4 is 0 Å². The molecule has 0 unspecified atom stereocenters. The molecule has 0 saturated carbocycles. The highest BCUT2D eigenvalue weighted by atomic mass is 32.2. The van der Waals surface area contributed by atoms with Crippen LogP contribution in [0.4, 0.5) is 4.79 Å². The Hall–Kier alpha value is -0.910. The zero-order valence-corrected chi connectivity index (χ0v) is 12.8. The van der Waals surface area contributed by atoms with E-state index in [2.05, 4.69) is 13.8 Å². The number of amides is 2. The molecular weight excluding hydrogens is 264 g/mol. The fourth-order valence-corrected chi connectivity index (χ4v) is 3.12. The minimum Gasteiger partial charge on any atom is -0.481 e. The first kappa shape index (κ1) is 16.1. The molecule has 1 N–H and O–H groups in total. The second-order valence-electron chi connectivity index (χ2n) is 5.55. The third kappa shape index (κ3) is 5.72. The first-order chi connectivity index (χ1) is 8.82. The molecule has 19 heavy (non-hydrogen) atoms. The van der Waals surface area contributed by atoms with Gasteiger partial charge in [0.05, 0.1) is 0 Å². The van der Waals surface area contributed by atoms with E-state index in [0.29, 0.717) is 13.0 Å². The summed E-state index contributed by atoms with van der Waals surface area (Å²) in [6.45, 7) is 6.47. The first-order valence-corrected chi connectivity index (χ1v) is 7.66. The minimum atomic E-state index is -0.811. The molecule has 0 atom stereocenters. The molecular formula is C13H24N2O3S. The number of rotatable bonds is 4. The van der Waals surface area contributed by atoms with Crippen molar-refractivity contribution >= 4 is 23.8 Å². The van der Waals surface area contributed by atoms with Gasteiger partial charge >= 0.3 is 12.0 Å². The number of carboxylic acid groups (broad SMARTS) is 1. The maximum Gasteiger partial charge on any atom is 0.319 e. The highest BCUT2D eigenvalue weighted by Crippen LogP contribution is 2.30. The quantitative estimate of drug-likeness (QED) is 0.861. The molecule has 5 nitrogen and oxygen atoms in total. The van der Waals surface area contributed by atoms with Crippen LogP contribution in [0, 0.1) is 0 Å². The summed E-state index contributed by atoms with van der Waals surface area (Å²) in [6.07, 6.45) is 1.61. The first-order valence-electron chi connectivity index (χ1n) is 6.67. The molecule has 1 saturated heterocycles. The molecule has 0 aliphatic carbocycles. The van der Waals surface area contributed by atoms with Crippen LogP contribution in [0.2, 0.25) is 0 Å². The molecule has 0 aromatic carbocycles. The summed E-state index contributed by atoms with van der Waals surface area (Å²) >= 11 is 1.91. The predicted octanol–water partition coefficient (Wildman–Crippen LogP) is 2.12. The lowest BCUT2D eigenvalue weighted by molar-refractivity contribution is -0.137. The maximum absolute atomic E-state index is 12.2. The van der Waals surface area contributed by atoms with Gasteiger partial charge in [-0.1, -0.05) is 13.8 Å². The number of urea groups is 1. The lowest BCUT2D eigenvalue weighted by Crippen LogP contribution is -2.43. The monoisotopic (exact) mass is 288 g/mol. The lowest BCUT2D eigenvalue weighted by Gasteiger charge is -2.27. The van der Waals surface area contributed by atoms with Gasteiger partial charge in [0.25, 0.3) is 0 Å². The number of carboxylic acids is 1. The van der Waals surface area contributed by atoms with Crippen molar-refractivity contribution in [1.82, 2.24) is 9.80 Å². The van der Waals surface area contributed by atoms with Gasteiger partial charge in [0, 0.05) is 43.6 Å². The molecule has 1 aliphatic rings. The minimum absolute atomic E-state index is 0.0173. The van der Waals surface area contributed by atoms with Crippen molar-refractivity contribution < 1.29 is 14.7 Å². The van der Waals surface area contributed by atoms with Crippen LogP contribution in [-0.2, 0) is 4.79 Å². The standard InChI is InChI=1S/C13H24N2O3S/c1-13(2)6-8-15(9-10-19-13)12(18)14(3)7-4-5-11(16)17/h4-10H2,1-3H3,(H,16,17). The zero-order chi connectivity index (χ0) is 14.5. The van der Waals surface area contributed by atoms with Crippen molar-refractivity contribution in [2.45, 2.75) is 37.9 Å². The van der Waals surface area contributed by atoms with Crippen molar-refractivity contribution in [2.75, 3.05) is 32.4 Å². The summed E-state index contributed by atoms with van der Waals surface area (Å²) < 4.78 is 0.233. The third-order valence-electron chi connectivity index (χ3n) is 3.32. The molecule has 0 bridgehead atoms. The van der Waals surface area contributed by atoms with E-state index in [1.165, 1.54) is 0 Å². The number of hydrogen-bond donors (Lipinski definition) is 1. The van der Waals surface area contributed by atoms with Crippen LogP contribution in [0.5, 0.6) is 0 Å². The lowest BCUT2D eigenvalue weighted by atomic mass is 10.1. The topological polar surface area (TPSA) is 60.9 Å². The van der Waals surface area contributed by atoms with E-state index >= 15 is 0 Å². The number of thioether (sulfide) groups is 1. The fourth-order valence-electron chi connectivity index (χ4n) is 2.02. The molecule has 1 heterocycles. The Bertz CT molecular complexity index is 334.